The molecule has 1 aliphatic carbocycles. The number of hydrogen-bond donors (Lipinski definition) is 1. The summed E-state index contributed by atoms with van der Waals surface area (Å²) in [6.45, 7) is 3.67. The monoisotopic (exact) mass is 266 g/mol. The molecule has 0 bridgehead atoms. The SMILES string of the molecule is COCC(CN)(C1CC1)N1CCc2sccc2C1. The van der Waals surface area contributed by atoms with Crippen LogP contribution < -0.4 is 5.73 Å². The van der Waals surface area contributed by atoms with Gasteiger partial charge in [0.05, 0.1) is 12.1 Å². The standard InChI is InChI=1S/C14H22N2OS/c1-17-10-14(9-15,12-2-3-12)16-6-4-13-11(8-16)5-7-18-13/h5,7,12H,2-4,6,8-10,15H2,1H3. The van der Waals surface area contributed by atoms with E-state index in [0.717, 1.165) is 25.6 Å². The molecule has 1 aromatic rings. The molecule has 4 heteroatoms. The van der Waals surface area contributed by atoms with Crippen LogP contribution in [0.15, 0.2) is 11.4 Å². The van der Waals surface area contributed by atoms with E-state index < -0.39 is 0 Å². The van der Waals surface area contributed by atoms with E-state index in [0.29, 0.717) is 6.54 Å². The van der Waals surface area contributed by atoms with Crippen LogP contribution in [0.25, 0.3) is 0 Å². The Labute approximate surface area is 113 Å². The average Bonchev–Trinajstić information content (AvgIpc) is 3.14. The summed E-state index contributed by atoms with van der Waals surface area (Å²) in [6.07, 6.45) is 3.80. The van der Waals surface area contributed by atoms with Crippen molar-refractivity contribution in [1.29, 1.82) is 0 Å². The first kappa shape index (κ1) is 12.6. The Morgan fingerprint density at radius 3 is 3.06 bits per heavy atom. The quantitative estimate of drug-likeness (QED) is 0.884. The highest BCUT2D eigenvalue weighted by Crippen LogP contribution is 2.44. The predicted molar refractivity (Wildman–Crippen MR) is 74.8 cm³/mol. The minimum Gasteiger partial charge on any atom is -0.383 e. The van der Waals surface area contributed by atoms with Crippen LogP contribution in [0.4, 0.5) is 0 Å². The summed E-state index contributed by atoms with van der Waals surface area (Å²) in [7, 11) is 1.80. The van der Waals surface area contributed by atoms with Crippen molar-refractivity contribution >= 4 is 11.3 Å². The Bertz CT molecular complexity index is 416. The molecule has 0 saturated heterocycles. The fraction of sp³-hybridized carbons (Fsp3) is 0.714. The van der Waals surface area contributed by atoms with E-state index in [2.05, 4.69) is 16.3 Å². The molecule has 1 saturated carbocycles. The van der Waals surface area contributed by atoms with Crippen molar-refractivity contribution in [3.63, 3.8) is 0 Å². The van der Waals surface area contributed by atoms with E-state index >= 15 is 0 Å². The molecule has 1 unspecified atom stereocenters. The molecule has 2 heterocycles. The van der Waals surface area contributed by atoms with Gasteiger partial charge in [0, 0.05) is 31.6 Å². The molecule has 3 nitrogen and oxygen atoms in total. The summed E-state index contributed by atoms with van der Waals surface area (Å²) < 4.78 is 5.50. The third-order valence-electron chi connectivity index (χ3n) is 4.52. The van der Waals surface area contributed by atoms with Crippen molar-refractivity contribution in [3.05, 3.63) is 21.9 Å². The number of hydrogen-bond acceptors (Lipinski definition) is 4. The summed E-state index contributed by atoms with van der Waals surface area (Å²) in [5.74, 6) is 0.739. The molecule has 1 aromatic heterocycles. The minimum absolute atomic E-state index is 0.0778. The van der Waals surface area contributed by atoms with Gasteiger partial charge in [-0.25, -0.2) is 0 Å². The van der Waals surface area contributed by atoms with Gasteiger partial charge >= 0.3 is 0 Å². The lowest BCUT2D eigenvalue weighted by atomic mass is 9.89. The minimum atomic E-state index is 0.0778. The van der Waals surface area contributed by atoms with Crippen LogP contribution >= 0.6 is 11.3 Å². The van der Waals surface area contributed by atoms with Gasteiger partial charge in [0.15, 0.2) is 0 Å². The number of nitrogens with two attached hydrogens (primary N) is 1. The highest BCUT2D eigenvalue weighted by Gasteiger charge is 2.49. The molecule has 0 radical (unpaired) electrons. The average molecular weight is 266 g/mol. The maximum atomic E-state index is 6.14. The van der Waals surface area contributed by atoms with Gasteiger partial charge in [-0.3, -0.25) is 4.90 Å². The maximum absolute atomic E-state index is 6.14. The van der Waals surface area contributed by atoms with Gasteiger partial charge in [0.2, 0.25) is 0 Å². The van der Waals surface area contributed by atoms with Crippen molar-refractivity contribution in [1.82, 2.24) is 4.90 Å². The molecule has 3 rings (SSSR count). The largest absolute Gasteiger partial charge is 0.383 e. The molecule has 0 spiro atoms. The van der Waals surface area contributed by atoms with E-state index in [-0.39, 0.29) is 5.54 Å². The molecular formula is C14H22N2OS. The Kier molecular flexibility index (Phi) is 3.45. The van der Waals surface area contributed by atoms with Crippen LogP contribution in [0.2, 0.25) is 0 Å². The zero-order chi connectivity index (χ0) is 12.6. The van der Waals surface area contributed by atoms with Crippen molar-refractivity contribution in [2.24, 2.45) is 11.7 Å². The second-order valence-electron chi connectivity index (χ2n) is 5.56. The normalized spacial score (nSPS) is 23.7. The van der Waals surface area contributed by atoms with Crippen molar-refractivity contribution in [3.8, 4) is 0 Å². The van der Waals surface area contributed by atoms with Gasteiger partial charge in [0.25, 0.3) is 0 Å². The number of ether oxygens (including phenoxy) is 1. The third kappa shape index (κ3) is 2.01. The van der Waals surface area contributed by atoms with Gasteiger partial charge < -0.3 is 10.5 Å². The van der Waals surface area contributed by atoms with E-state index in [1.807, 2.05) is 11.3 Å². The Morgan fingerprint density at radius 2 is 2.39 bits per heavy atom. The van der Waals surface area contributed by atoms with E-state index in [1.54, 1.807) is 12.0 Å². The molecule has 2 N–H and O–H groups in total. The summed E-state index contributed by atoms with van der Waals surface area (Å²) >= 11 is 1.89. The van der Waals surface area contributed by atoms with Gasteiger partial charge in [-0.15, -0.1) is 11.3 Å². The smallest absolute Gasteiger partial charge is 0.0661 e. The topological polar surface area (TPSA) is 38.5 Å². The fourth-order valence-electron chi connectivity index (χ4n) is 3.32. The molecule has 1 fully saturated rings. The number of fused-ring (bicyclic) bond motifs is 1. The number of nitrogens with zero attached hydrogens (tertiary/aromatic N) is 1. The Balaban J connectivity index is 1.83. The zero-order valence-electron chi connectivity index (χ0n) is 11.0. The first-order valence-electron chi connectivity index (χ1n) is 6.79. The molecule has 100 valence electrons. The lowest BCUT2D eigenvalue weighted by Gasteiger charge is -2.45. The Hall–Kier alpha value is -0.420. The van der Waals surface area contributed by atoms with E-state index in [4.69, 9.17) is 10.5 Å². The number of thiophene rings is 1. The van der Waals surface area contributed by atoms with Crippen LogP contribution in [-0.4, -0.2) is 37.2 Å². The number of rotatable bonds is 5. The maximum Gasteiger partial charge on any atom is 0.0661 e. The zero-order valence-corrected chi connectivity index (χ0v) is 11.8. The number of methoxy groups -OCH3 is 1. The molecule has 18 heavy (non-hydrogen) atoms. The van der Waals surface area contributed by atoms with Crippen LogP contribution in [-0.2, 0) is 17.7 Å². The van der Waals surface area contributed by atoms with Crippen LogP contribution in [0.5, 0.6) is 0 Å². The highest BCUT2D eigenvalue weighted by atomic mass is 32.1. The molecule has 1 atom stereocenters. The van der Waals surface area contributed by atoms with Crippen LogP contribution in [0.3, 0.4) is 0 Å². The van der Waals surface area contributed by atoms with Crippen LogP contribution in [0.1, 0.15) is 23.3 Å². The molecular weight excluding hydrogens is 244 g/mol. The first-order chi connectivity index (χ1) is 8.80. The third-order valence-corrected chi connectivity index (χ3v) is 5.55. The van der Waals surface area contributed by atoms with Gasteiger partial charge in [0.1, 0.15) is 0 Å². The lowest BCUT2D eigenvalue weighted by Crippen LogP contribution is -2.59. The van der Waals surface area contributed by atoms with Crippen molar-refractivity contribution in [2.45, 2.75) is 31.3 Å². The molecule has 2 aliphatic rings. The highest BCUT2D eigenvalue weighted by molar-refractivity contribution is 7.10. The summed E-state index contributed by atoms with van der Waals surface area (Å²) in [5, 5.41) is 2.21. The predicted octanol–water partition coefficient (Wildman–Crippen LogP) is 1.86. The van der Waals surface area contributed by atoms with Crippen LogP contribution in [0, 0.1) is 5.92 Å². The summed E-state index contributed by atoms with van der Waals surface area (Å²) in [6, 6.07) is 2.27. The lowest BCUT2D eigenvalue weighted by molar-refractivity contribution is -0.00890. The van der Waals surface area contributed by atoms with Gasteiger partial charge in [-0.05, 0) is 42.2 Å². The van der Waals surface area contributed by atoms with E-state index in [9.17, 15) is 0 Å². The molecule has 0 amide bonds. The molecule has 1 aliphatic heterocycles. The van der Waals surface area contributed by atoms with Gasteiger partial charge in [-0.1, -0.05) is 0 Å². The van der Waals surface area contributed by atoms with Crippen molar-refractivity contribution in [2.75, 3.05) is 26.8 Å². The van der Waals surface area contributed by atoms with Crippen molar-refractivity contribution < 1.29 is 4.74 Å². The van der Waals surface area contributed by atoms with Gasteiger partial charge in [-0.2, -0.15) is 0 Å². The second kappa shape index (κ2) is 4.93. The summed E-state index contributed by atoms with van der Waals surface area (Å²) in [4.78, 5) is 4.15. The molecule has 0 aromatic carbocycles. The summed E-state index contributed by atoms with van der Waals surface area (Å²) in [5.41, 5.74) is 7.72. The Morgan fingerprint density at radius 1 is 1.56 bits per heavy atom. The fourth-order valence-corrected chi connectivity index (χ4v) is 4.21. The second-order valence-corrected chi connectivity index (χ2v) is 6.56. The first-order valence-corrected chi connectivity index (χ1v) is 7.67. The van der Waals surface area contributed by atoms with E-state index in [1.165, 1.54) is 24.8 Å².